The number of aromatic nitrogens is 1. The molecule has 0 bridgehead atoms. The van der Waals surface area contributed by atoms with Crippen LogP contribution in [0.15, 0.2) is 6.20 Å². The van der Waals surface area contributed by atoms with Gasteiger partial charge in [0.15, 0.2) is 0 Å². The highest BCUT2D eigenvalue weighted by Crippen LogP contribution is 2.13. The van der Waals surface area contributed by atoms with Crippen LogP contribution in [-0.4, -0.2) is 41.2 Å². The first-order chi connectivity index (χ1) is 6.76. The van der Waals surface area contributed by atoms with E-state index < -0.39 is 0 Å². The summed E-state index contributed by atoms with van der Waals surface area (Å²) in [5, 5.41) is 9.93. The van der Waals surface area contributed by atoms with Crippen molar-refractivity contribution in [2.45, 2.75) is 13.5 Å². The molecule has 0 saturated carbocycles. The van der Waals surface area contributed by atoms with Gasteiger partial charge in [0.2, 0.25) is 0 Å². The number of halogens is 2. The van der Waals surface area contributed by atoms with Gasteiger partial charge >= 0.3 is 0 Å². The zero-order valence-electron chi connectivity index (χ0n) is 9.26. The number of nitrogens with zero attached hydrogens (tertiary/aromatic N) is 2. The quantitative estimate of drug-likeness (QED) is 0.821. The summed E-state index contributed by atoms with van der Waals surface area (Å²) in [6, 6.07) is 0. The molecule has 7 heteroatoms. The lowest BCUT2D eigenvalue weighted by molar-refractivity contribution is 0.195. The van der Waals surface area contributed by atoms with Gasteiger partial charge in [-0.25, -0.2) is 4.98 Å². The molecule has 3 N–H and O–H groups in total. The van der Waals surface area contributed by atoms with E-state index in [2.05, 4.69) is 9.88 Å². The van der Waals surface area contributed by atoms with Gasteiger partial charge < -0.3 is 10.8 Å². The molecule has 0 radical (unpaired) electrons. The van der Waals surface area contributed by atoms with Crippen molar-refractivity contribution in [3.05, 3.63) is 16.1 Å². The van der Waals surface area contributed by atoms with E-state index in [1.54, 1.807) is 11.3 Å². The molecule has 1 heterocycles. The minimum Gasteiger partial charge on any atom is -0.395 e. The van der Waals surface area contributed by atoms with Crippen molar-refractivity contribution in [2.75, 3.05) is 26.2 Å². The summed E-state index contributed by atoms with van der Waals surface area (Å²) >= 11 is 1.69. The predicted molar refractivity (Wildman–Crippen MR) is 72.8 cm³/mol. The Balaban J connectivity index is 0. The molecule has 1 rings (SSSR count). The van der Waals surface area contributed by atoms with Gasteiger partial charge in [-0.1, -0.05) is 0 Å². The maximum absolute atomic E-state index is 8.85. The lowest BCUT2D eigenvalue weighted by Gasteiger charge is -2.18. The molecular formula is C9H19Cl2N3OS. The summed E-state index contributed by atoms with van der Waals surface area (Å²) in [6.45, 7) is 5.12. The lowest BCUT2D eigenvalue weighted by Crippen LogP contribution is -2.31. The highest BCUT2D eigenvalue weighted by atomic mass is 35.5. The van der Waals surface area contributed by atoms with Gasteiger partial charge in [0.05, 0.1) is 11.6 Å². The topological polar surface area (TPSA) is 62.4 Å². The Morgan fingerprint density at radius 1 is 1.44 bits per heavy atom. The molecule has 0 atom stereocenters. The third kappa shape index (κ3) is 6.62. The van der Waals surface area contributed by atoms with Crippen LogP contribution in [0.4, 0.5) is 0 Å². The molecule has 0 aromatic carbocycles. The van der Waals surface area contributed by atoms with E-state index in [1.165, 1.54) is 4.88 Å². The Morgan fingerprint density at radius 2 is 2.12 bits per heavy atom. The summed E-state index contributed by atoms with van der Waals surface area (Å²) in [5.41, 5.74) is 5.48. The maximum Gasteiger partial charge on any atom is 0.0897 e. The molecule has 16 heavy (non-hydrogen) atoms. The summed E-state index contributed by atoms with van der Waals surface area (Å²) < 4.78 is 0. The number of thiazole rings is 1. The van der Waals surface area contributed by atoms with Crippen molar-refractivity contribution in [1.82, 2.24) is 9.88 Å². The largest absolute Gasteiger partial charge is 0.395 e. The van der Waals surface area contributed by atoms with Crippen LogP contribution in [-0.2, 0) is 6.54 Å². The SMILES string of the molecule is Cc1ncc(CN(CCN)CCO)s1.Cl.Cl. The molecule has 0 saturated heterocycles. The fourth-order valence-electron chi connectivity index (χ4n) is 1.29. The second kappa shape index (κ2) is 10.3. The molecule has 1 aromatic heterocycles. The third-order valence-corrected chi connectivity index (χ3v) is 2.81. The van der Waals surface area contributed by atoms with E-state index in [0.717, 1.165) is 18.1 Å². The van der Waals surface area contributed by atoms with E-state index in [1.807, 2.05) is 13.1 Å². The maximum atomic E-state index is 8.85. The monoisotopic (exact) mass is 287 g/mol. The van der Waals surface area contributed by atoms with Crippen LogP contribution in [0.5, 0.6) is 0 Å². The van der Waals surface area contributed by atoms with Crippen molar-refractivity contribution in [2.24, 2.45) is 5.73 Å². The van der Waals surface area contributed by atoms with Gasteiger partial charge in [-0.15, -0.1) is 36.2 Å². The fourth-order valence-corrected chi connectivity index (χ4v) is 2.13. The molecule has 0 fully saturated rings. The van der Waals surface area contributed by atoms with Crippen LogP contribution in [0.1, 0.15) is 9.88 Å². The summed E-state index contributed by atoms with van der Waals surface area (Å²) in [4.78, 5) is 7.55. The standard InChI is InChI=1S/C9H17N3OS.2ClH/c1-8-11-6-9(14-8)7-12(3-2-10)4-5-13;;/h6,13H,2-5,7,10H2,1H3;2*1H. The Bertz CT molecular complexity index is 267. The smallest absolute Gasteiger partial charge is 0.0897 e. The van der Waals surface area contributed by atoms with Crippen LogP contribution in [0.25, 0.3) is 0 Å². The van der Waals surface area contributed by atoms with Crippen molar-refractivity contribution >= 4 is 36.2 Å². The summed E-state index contributed by atoms with van der Waals surface area (Å²) in [6.07, 6.45) is 1.89. The number of hydrogen-bond donors (Lipinski definition) is 2. The number of hydrogen-bond acceptors (Lipinski definition) is 5. The second-order valence-electron chi connectivity index (χ2n) is 3.13. The predicted octanol–water partition coefficient (Wildman–Crippen LogP) is 1.05. The summed E-state index contributed by atoms with van der Waals surface area (Å²) in [7, 11) is 0. The third-order valence-electron chi connectivity index (χ3n) is 1.91. The number of aliphatic hydroxyl groups is 1. The van der Waals surface area contributed by atoms with E-state index in [4.69, 9.17) is 10.8 Å². The summed E-state index contributed by atoms with van der Waals surface area (Å²) in [5.74, 6) is 0. The number of nitrogens with two attached hydrogens (primary N) is 1. The number of rotatable bonds is 6. The Morgan fingerprint density at radius 3 is 2.56 bits per heavy atom. The van der Waals surface area contributed by atoms with Crippen molar-refractivity contribution in [3.8, 4) is 0 Å². The molecule has 0 amide bonds. The van der Waals surface area contributed by atoms with Crippen LogP contribution < -0.4 is 5.73 Å². The van der Waals surface area contributed by atoms with Gasteiger partial charge in [-0.05, 0) is 6.92 Å². The Labute approximate surface area is 113 Å². The Kier molecular flexibility index (Phi) is 11.8. The molecule has 96 valence electrons. The minimum atomic E-state index is 0. The van der Waals surface area contributed by atoms with Crippen molar-refractivity contribution in [1.29, 1.82) is 0 Å². The van der Waals surface area contributed by atoms with Gasteiger partial charge in [0.25, 0.3) is 0 Å². The van der Waals surface area contributed by atoms with Crippen molar-refractivity contribution in [3.63, 3.8) is 0 Å². The highest BCUT2D eigenvalue weighted by molar-refractivity contribution is 7.11. The first-order valence-corrected chi connectivity index (χ1v) is 5.52. The molecule has 1 aromatic rings. The molecule has 0 aliphatic carbocycles. The van der Waals surface area contributed by atoms with Crippen LogP contribution in [0.2, 0.25) is 0 Å². The van der Waals surface area contributed by atoms with Crippen LogP contribution in [0, 0.1) is 6.92 Å². The molecule has 0 spiro atoms. The first kappa shape index (κ1) is 18.5. The fraction of sp³-hybridized carbons (Fsp3) is 0.667. The highest BCUT2D eigenvalue weighted by Gasteiger charge is 2.06. The van der Waals surface area contributed by atoms with E-state index in [9.17, 15) is 0 Å². The first-order valence-electron chi connectivity index (χ1n) is 4.71. The van der Waals surface area contributed by atoms with Gasteiger partial charge in [0.1, 0.15) is 0 Å². The van der Waals surface area contributed by atoms with E-state index in [0.29, 0.717) is 13.1 Å². The lowest BCUT2D eigenvalue weighted by atomic mass is 10.4. The zero-order chi connectivity index (χ0) is 10.4. The number of aliphatic hydroxyl groups excluding tert-OH is 1. The van der Waals surface area contributed by atoms with E-state index >= 15 is 0 Å². The van der Waals surface area contributed by atoms with Crippen LogP contribution >= 0.6 is 36.2 Å². The Hall–Kier alpha value is 0.0900. The molecular weight excluding hydrogens is 269 g/mol. The minimum absolute atomic E-state index is 0. The van der Waals surface area contributed by atoms with Crippen LogP contribution in [0.3, 0.4) is 0 Å². The van der Waals surface area contributed by atoms with Gasteiger partial charge in [0, 0.05) is 37.3 Å². The molecule has 0 unspecified atom stereocenters. The average molecular weight is 288 g/mol. The average Bonchev–Trinajstić information content (AvgIpc) is 2.52. The second-order valence-corrected chi connectivity index (χ2v) is 4.45. The van der Waals surface area contributed by atoms with Gasteiger partial charge in [-0.2, -0.15) is 0 Å². The van der Waals surface area contributed by atoms with Crippen molar-refractivity contribution < 1.29 is 5.11 Å². The molecule has 0 aliphatic heterocycles. The normalized spacial score (nSPS) is 9.75. The zero-order valence-corrected chi connectivity index (χ0v) is 11.7. The molecule has 4 nitrogen and oxygen atoms in total. The van der Waals surface area contributed by atoms with Gasteiger partial charge in [-0.3, -0.25) is 4.90 Å². The number of aryl methyl sites for hydroxylation is 1. The molecule has 0 aliphatic rings. The van der Waals surface area contributed by atoms with E-state index in [-0.39, 0.29) is 31.4 Å².